The molecule has 1 amide bonds. The minimum absolute atomic E-state index is 0.0306. The SMILES string of the molecule is Cc1ccc2c(c1)CCCN2C(=O)c1ccc(-n2cnnn2)cc1. The Bertz CT molecular complexity index is 871. The lowest BCUT2D eigenvalue weighted by Crippen LogP contribution is -2.35. The highest BCUT2D eigenvalue weighted by atomic mass is 16.2. The number of hydrogen-bond acceptors (Lipinski definition) is 4. The lowest BCUT2D eigenvalue weighted by atomic mass is 9.99. The van der Waals surface area contributed by atoms with Gasteiger partial charge in [-0.3, -0.25) is 4.79 Å². The van der Waals surface area contributed by atoms with E-state index >= 15 is 0 Å². The van der Waals surface area contributed by atoms with E-state index < -0.39 is 0 Å². The number of rotatable bonds is 2. The Hall–Kier alpha value is -3.02. The minimum Gasteiger partial charge on any atom is -0.308 e. The molecular weight excluding hydrogens is 302 g/mol. The third-order valence-corrected chi connectivity index (χ3v) is 4.33. The quantitative estimate of drug-likeness (QED) is 0.728. The summed E-state index contributed by atoms with van der Waals surface area (Å²) in [6.07, 6.45) is 3.55. The molecule has 1 aromatic heterocycles. The smallest absolute Gasteiger partial charge is 0.258 e. The zero-order valence-corrected chi connectivity index (χ0v) is 13.4. The van der Waals surface area contributed by atoms with Gasteiger partial charge in [0.1, 0.15) is 6.33 Å². The van der Waals surface area contributed by atoms with E-state index in [1.807, 2.05) is 29.2 Å². The Morgan fingerprint density at radius 2 is 1.96 bits per heavy atom. The fourth-order valence-corrected chi connectivity index (χ4v) is 3.13. The molecule has 0 spiro atoms. The number of anilines is 1. The predicted octanol–water partition coefficient (Wildman–Crippen LogP) is 2.56. The molecule has 2 heterocycles. The Kier molecular flexibility index (Phi) is 3.57. The molecule has 0 N–H and O–H groups in total. The van der Waals surface area contributed by atoms with Crippen molar-refractivity contribution < 1.29 is 4.79 Å². The summed E-state index contributed by atoms with van der Waals surface area (Å²) in [4.78, 5) is 14.8. The van der Waals surface area contributed by atoms with Gasteiger partial charge >= 0.3 is 0 Å². The number of fused-ring (bicyclic) bond motifs is 1. The van der Waals surface area contributed by atoms with E-state index in [2.05, 4.69) is 40.6 Å². The standard InChI is InChI=1S/C18H17N5O/c1-13-4-9-17-15(11-13)3-2-10-22(17)18(24)14-5-7-16(8-6-14)23-12-19-20-21-23/h4-9,11-12H,2-3,10H2,1H3. The van der Waals surface area contributed by atoms with Crippen LogP contribution >= 0.6 is 0 Å². The summed E-state index contributed by atoms with van der Waals surface area (Å²) in [5.41, 5.74) is 5.00. The second kappa shape index (κ2) is 5.88. The number of carbonyl (C=O) groups excluding carboxylic acids is 1. The second-order valence-corrected chi connectivity index (χ2v) is 5.99. The molecular formula is C18H17N5O. The van der Waals surface area contributed by atoms with E-state index in [1.54, 1.807) is 4.68 Å². The average Bonchev–Trinajstić information content (AvgIpc) is 3.15. The predicted molar refractivity (Wildman–Crippen MR) is 90.3 cm³/mol. The van der Waals surface area contributed by atoms with Crippen LogP contribution in [0.2, 0.25) is 0 Å². The minimum atomic E-state index is 0.0306. The summed E-state index contributed by atoms with van der Waals surface area (Å²) >= 11 is 0. The third kappa shape index (κ3) is 2.56. The summed E-state index contributed by atoms with van der Waals surface area (Å²) in [5.74, 6) is 0.0306. The first-order valence-electron chi connectivity index (χ1n) is 7.97. The number of carbonyl (C=O) groups is 1. The maximum absolute atomic E-state index is 12.9. The van der Waals surface area contributed by atoms with Crippen LogP contribution in [0.3, 0.4) is 0 Å². The average molecular weight is 319 g/mol. The van der Waals surface area contributed by atoms with E-state index in [4.69, 9.17) is 0 Å². The van der Waals surface area contributed by atoms with E-state index in [0.717, 1.165) is 30.8 Å². The summed E-state index contributed by atoms with van der Waals surface area (Å²) in [6.45, 7) is 2.84. The number of benzene rings is 2. The van der Waals surface area contributed by atoms with Crippen molar-refractivity contribution in [1.29, 1.82) is 0 Å². The van der Waals surface area contributed by atoms with Crippen molar-refractivity contribution in [2.24, 2.45) is 0 Å². The van der Waals surface area contributed by atoms with E-state index in [9.17, 15) is 4.79 Å². The summed E-state index contributed by atoms with van der Waals surface area (Å²) in [5, 5.41) is 11.1. The van der Waals surface area contributed by atoms with Crippen LogP contribution in [0.25, 0.3) is 5.69 Å². The first kappa shape index (κ1) is 14.6. The molecule has 0 radical (unpaired) electrons. The molecule has 2 aromatic carbocycles. The maximum atomic E-state index is 12.9. The number of aryl methyl sites for hydroxylation is 2. The van der Waals surface area contributed by atoms with Crippen LogP contribution in [-0.2, 0) is 6.42 Å². The first-order valence-corrected chi connectivity index (χ1v) is 7.97. The first-order chi connectivity index (χ1) is 11.7. The van der Waals surface area contributed by atoms with Crippen molar-refractivity contribution >= 4 is 11.6 Å². The molecule has 0 atom stereocenters. The molecule has 3 aromatic rings. The molecule has 0 unspecified atom stereocenters. The summed E-state index contributed by atoms with van der Waals surface area (Å²) in [7, 11) is 0. The zero-order valence-electron chi connectivity index (χ0n) is 13.4. The van der Waals surface area contributed by atoms with Gasteiger partial charge in [-0.05, 0) is 66.1 Å². The molecule has 0 fully saturated rings. The van der Waals surface area contributed by atoms with Gasteiger partial charge in [-0.1, -0.05) is 17.7 Å². The fourth-order valence-electron chi connectivity index (χ4n) is 3.13. The number of aromatic nitrogens is 4. The van der Waals surface area contributed by atoms with Crippen LogP contribution in [0, 0.1) is 6.92 Å². The van der Waals surface area contributed by atoms with Gasteiger partial charge in [0.15, 0.2) is 0 Å². The Morgan fingerprint density at radius 3 is 2.71 bits per heavy atom. The van der Waals surface area contributed by atoms with Crippen LogP contribution in [0.5, 0.6) is 0 Å². The van der Waals surface area contributed by atoms with Crippen LogP contribution < -0.4 is 4.90 Å². The van der Waals surface area contributed by atoms with Gasteiger partial charge in [-0.15, -0.1) is 5.10 Å². The summed E-state index contributed by atoms with van der Waals surface area (Å²) < 4.78 is 1.56. The van der Waals surface area contributed by atoms with Crippen molar-refractivity contribution in [2.75, 3.05) is 11.4 Å². The molecule has 1 aliphatic heterocycles. The molecule has 120 valence electrons. The zero-order chi connectivity index (χ0) is 16.5. The van der Waals surface area contributed by atoms with Crippen LogP contribution in [0.4, 0.5) is 5.69 Å². The monoisotopic (exact) mass is 319 g/mol. The topological polar surface area (TPSA) is 63.9 Å². The van der Waals surface area contributed by atoms with Crippen molar-refractivity contribution in [3.05, 3.63) is 65.5 Å². The van der Waals surface area contributed by atoms with Crippen molar-refractivity contribution in [1.82, 2.24) is 20.2 Å². The molecule has 0 aliphatic carbocycles. The normalized spacial score (nSPS) is 13.6. The van der Waals surface area contributed by atoms with Crippen molar-refractivity contribution in [3.63, 3.8) is 0 Å². The van der Waals surface area contributed by atoms with Crippen LogP contribution in [-0.4, -0.2) is 32.7 Å². The van der Waals surface area contributed by atoms with Crippen LogP contribution in [0.1, 0.15) is 27.9 Å². The second-order valence-electron chi connectivity index (χ2n) is 5.99. The van der Waals surface area contributed by atoms with Gasteiger partial charge < -0.3 is 4.90 Å². The molecule has 0 bridgehead atoms. The lowest BCUT2D eigenvalue weighted by molar-refractivity contribution is 0.0985. The lowest BCUT2D eigenvalue weighted by Gasteiger charge is -2.30. The largest absolute Gasteiger partial charge is 0.308 e. The highest BCUT2D eigenvalue weighted by Crippen LogP contribution is 2.29. The number of tetrazole rings is 1. The van der Waals surface area contributed by atoms with Gasteiger partial charge in [-0.2, -0.15) is 0 Å². The van der Waals surface area contributed by atoms with Gasteiger partial charge in [0, 0.05) is 17.8 Å². The number of amides is 1. The van der Waals surface area contributed by atoms with Crippen molar-refractivity contribution in [2.45, 2.75) is 19.8 Å². The Balaban J connectivity index is 1.63. The van der Waals surface area contributed by atoms with Gasteiger partial charge in [-0.25, -0.2) is 4.68 Å². The fraction of sp³-hybridized carbons (Fsp3) is 0.222. The molecule has 4 rings (SSSR count). The van der Waals surface area contributed by atoms with Crippen molar-refractivity contribution in [3.8, 4) is 5.69 Å². The maximum Gasteiger partial charge on any atom is 0.258 e. The Morgan fingerprint density at radius 1 is 1.12 bits per heavy atom. The Labute approximate surface area is 139 Å². The van der Waals surface area contributed by atoms with E-state index in [0.29, 0.717) is 5.56 Å². The third-order valence-electron chi connectivity index (χ3n) is 4.33. The number of hydrogen-bond donors (Lipinski definition) is 0. The number of nitrogens with zero attached hydrogens (tertiary/aromatic N) is 5. The molecule has 0 saturated carbocycles. The van der Waals surface area contributed by atoms with E-state index in [1.165, 1.54) is 17.5 Å². The highest BCUT2D eigenvalue weighted by molar-refractivity contribution is 6.06. The molecule has 0 saturated heterocycles. The van der Waals surface area contributed by atoms with E-state index in [-0.39, 0.29) is 5.91 Å². The summed E-state index contributed by atoms with van der Waals surface area (Å²) in [6, 6.07) is 13.6. The molecule has 1 aliphatic rings. The van der Waals surface area contributed by atoms with Gasteiger partial charge in [0.25, 0.3) is 5.91 Å². The highest BCUT2D eigenvalue weighted by Gasteiger charge is 2.23. The van der Waals surface area contributed by atoms with Crippen LogP contribution in [0.15, 0.2) is 48.8 Å². The molecule has 6 heteroatoms. The van der Waals surface area contributed by atoms with Gasteiger partial charge in [0.2, 0.25) is 0 Å². The van der Waals surface area contributed by atoms with Gasteiger partial charge in [0.05, 0.1) is 5.69 Å². The molecule has 6 nitrogen and oxygen atoms in total. The molecule has 24 heavy (non-hydrogen) atoms.